The first-order chi connectivity index (χ1) is 16.0. The van der Waals surface area contributed by atoms with Crippen molar-refractivity contribution in [1.82, 2.24) is 14.7 Å². The average molecular weight is 452 g/mol. The Kier molecular flexibility index (Phi) is 6.09. The third-order valence-electron chi connectivity index (χ3n) is 6.47. The number of hydrogen-bond acceptors (Lipinski definition) is 6. The Bertz CT molecular complexity index is 1050. The zero-order chi connectivity index (χ0) is 22.8. The number of amides is 2. The van der Waals surface area contributed by atoms with E-state index in [0.717, 1.165) is 55.3 Å². The van der Waals surface area contributed by atoms with Gasteiger partial charge in [-0.1, -0.05) is 12.1 Å². The number of carbonyl (C=O) groups excluding carboxylic acids is 2. The molecule has 0 aromatic heterocycles. The van der Waals surface area contributed by atoms with Crippen LogP contribution >= 0.6 is 0 Å². The van der Waals surface area contributed by atoms with Crippen LogP contribution in [0.3, 0.4) is 0 Å². The smallest absolute Gasteiger partial charge is 0.231 e. The van der Waals surface area contributed by atoms with E-state index in [1.54, 1.807) is 6.92 Å². The summed E-state index contributed by atoms with van der Waals surface area (Å²) in [6.07, 6.45) is 0.312. The molecule has 3 aliphatic rings. The van der Waals surface area contributed by atoms with Crippen molar-refractivity contribution in [2.75, 3.05) is 46.1 Å². The Balaban J connectivity index is 1.23. The average Bonchev–Trinajstić information content (AvgIpc) is 3.17. The largest absolute Gasteiger partial charge is 0.491 e. The van der Waals surface area contributed by atoms with E-state index in [1.165, 1.54) is 5.56 Å². The number of fused-ring (bicyclic) bond motifs is 2. The van der Waals surface area contributed by atoms with Crippen LogP contribution in [0.1, 0.15) is 23.6 Å². The molecule has 1 saturated heterocycles. The molecule has 3 aliphatic heterocycles. The van der Waals surface area contributed by atoms with Gasteiger partial charge in [0.05, 0.1) is 13.0 Å². The highest BCUT2D eigenvalue weighted by molar-refractivity contribution is 5.79. The molecular weight excluding hydrogens is 422 g/mol. The van der Waals surface area contributed by atoms with Crippen LogP contribution in [0, 0.1) is 0 Å². The van der Waals surface area contributed by atoms with Crippen molar-refractivity contribution in [3.05, 3.63) is 53.1 Å². The van der Waals surface area contributed by atoms with Crippen LogP contribution in [-0.4, -0.2) is 72.6 Å². The standard InChI is InChI=1S/C25H29N3O5/c1-18(29)27-8-6-26(7-9-27)15-20-3-4-22-21(12-20)16-28(10-11-31-22)25(30)14-19-2-5-23-24(13-19)33-17-32-23/h2-5,12-13H,6-11,14-17H2,1H3. The summed E-state index contributed by atoms with van der Waals surface area (Å²) in [5.74, 6) is 2.47. The van der Waals surface area contributed by atoms with E-state index in [2.05, 4.69) is 17.0 Å². The number of hydrogen-bond donors (Lipinski definition) is 0. The summed E-state index contributed by atoms with van der Waals surface area (Å²) in [6, 6.07) is 11.9. The van der Waals surface area contributed by atoms with Crippen LogP contribution < -0.4 is 14.2 Å². The van der Waals surface area contributed by atoms with E-state index in [9.17, 15) is 9.59 Å². The predicted octanol–water partition coefficient (Wildman–Crippen LogP) is 2.04. The minimum atomic E-state index is 0.0658. The quantitative estimate of drug-likeness (QED) is 0.709. The van der Waals surface area contributed by atoms with Crippen molar-refractivity contribution in [2.45, 2.75) is 26.4 Å². The summed E-state index contributed by atoms with van der Waals surface area (Å²) >= 11 is 0. The van der Waals surface area contributed by atoms with Gasteiger partial charge in [0.1, 0.15) is 12.4 Å². The fraction of sp³-hybridized carbons (Fsp3) is 0.440. The van der Waals surface area contributed by atoms with Crippen LogP contribution in [0.4, 0.5) is 0 Å². The number of carbonyl (C=O) groups is 2. The summed E-state index contributed by atoms with van der Waals surface area (Å²) < 4.78 is 16.7. The molecule has 0 bridgehead atoms. The maximum absolute atomic E-state index is 13.1. The second-order valence-corrected chi connectivity index (χ2v) is 8.75. The van der Waals surface area contributed by atoms with Gasteiger partial charge in [0.2, 0.25) is 18.6 Å². The zero-order valence-corrected chi connectivity index (χ0v) is 18.9. The van der Waals surface area contributed by atoms with Crippen LogP contribution in [-0.2, 0) is 29.1 Å². The van der Waals surface area contributed by atoms with Gasteiger partial charge in [0, 0.05) is 51.8 Å². The highest BCUT2D eigenvalue weighted by Gasteiger charge is 2.23. The molecule has 1 fully saturated rings. The molecule has 0 N–H and O–H groups in total. The predicted molar refractivity (Wildman–Crippen MR) is 121 cm³/mol. The number of benzene rings is 2. The van der Waals surface area contributed by atoms with Gasteiger partial charge in [-0.05, 0) is 35.4 Å². The highest BCUT2D eigenvalue weighted by atomic mass is 16.7. The molecule has 0 atom stereocenters. The first-order valence-corrected chi connectivity index (χ1v) is 11.4. The molecule has 2 aromatic carbocycles. The molecular formula is C25H29N3O5. The van der Waals surface area contributed by atoms with Crippen molar-refractivity contribution in [1.29, 1.82) is 0 Å². The van der Waals surface area contributed by atoms with Gasteiger partial charge in [-0.2, -0.15) is 0 Å². The molecule has 0 spiro atoms. The van der Waals surface area contributed by atoms with Gasteiger partial charge in [0.25, 0.3) is 0 Å². The SMILES string of the molecule is CC(=O)N1CCN(Cc2ccc3c(c2)CN(C(=O)Cc2ccc4c(c2)OCO4)CCO3)CC1. The molecule has 2 aromatic rings. The molecule has 0 unspecified atom stereocenters. The second-order valence-electron chi connectivity index (χ2n) is 8.75. The molecule has 0 radical (unpaired) electrons. The van der Waals surface area contributed by atoms with Crippen LogP contribution in [0.25, 0.3) is 0 Å². The highest BCUT2D eigenvalue weighted by Crippen LogP contribution is 2.33. The van der Waals surface area contributed by atoms with Gasteiger partial charge in [0.15, 0.2) is 11.5 Å². The molecule has 8 nitrogen and oxygen atoms in total. The minimum absolute atomic E-state index is 0.0658. The van der Waals surface area contributed by atoms with E-state index in [1.807, 2.05) is 34.1 Å². The van der Waals surface area contributed by atoms with Crippen molar-refractivity contribution in [3.63, 3.8) is 0 Å². The first-order valence-electron chi connectivity index (χ1n) is 11.4. The van der Waals surface area contributed by atoms with E-state index >= 15 is 0 Å². The lowest BCUT2D eigenvalue weighted by Crippen LogP contribution is -2.47. The van der Waals surface area contributed by atoms with Crippen molar-refractivity contribution < 1.29 is 23.8 Å². The lowest BCUT2D eigenvalue weighted by atomic mass is 10.1. The fourth-order valence-corrected chi connectivity index (χ4v) is 4.58. The van der Waals surface area contributed by atoms with E-state index in [4.69, 9.17) is 14.2 Å². The molecule has 3 heterocycles. The zero-order valence-electron chi connectivity index (χ0n) is 18.9. The third kappa shape index (κ3) is 4.90. The topological polar surface area (TPSA) is 71.6 Å². The summed E-state index contributed by atoms with van der Waals surface area (Å²) in [5.41, 5.74) is 3.14. The van der Waals surface area contributed by atoms with Gasteiger partial charge in [-0.25, -0.2) is 0 Å². The monoisotopic (exact) mass is 451 g/mol. The van der Waals surface area contributed by atoms with E-state index < -0.39 is 0 Å². The Morgan fingerprint density at radius 3 is 2.39 bits per heavy atom. The molecule has 5 rings (SSSR count). The first kappa shape index (κ1) is 21.6. The lowest BCUT2D eigenvalue weighted by molar-refractivity contribution is -0.131. The van der Waals surface area contributed by atoms with Crippen LogP contribution in [0.2, 0.25) is 0 Å². The van der Waals surface area contributed by atoms with Crippen molar-refractivity contribution >= 4 is 11.8 Å². The molecule has 0 aliphatic carbocycles. The summed E-state index contributed by atoms with van der Waals surface area (Å²) in [4.78, 5) is 30.8. The van der Waals surface area contributed by atoms with Crippen molar-refractivity contribution in [2.24, 2.45) is 0 Å². The molecule has 2 amide bonds. The van der Waals surface area contributed by atoms with Gasteiger partial charge in [-0.15, -0.1) is 0 Å². The Labute approximate surface area is 193 Å². The number of nitrogens with zero attached hydrogens (tertiary/aromatic N) is 3. The molecule has 33 heavy (non-hydrogen) atoms. The van der Waals surface area contributed by atoms with Crippen LogP contribution in [0.5, 0.6) is 17.2 Å². The van der Waals surface area contributed by atoms with E-state index in [-0.39, 0.29) is 18.6 Å². The Morgan fingerprint density at radius 2 is 1.58 bits per heavy atom. The Hall–Kier alpha value is -3.26. The third-order valence-corrected chi connectivity index (χ3v) is 6.47. The normalized spacial score (nSPS) is 17.8. The van der Waals surface area contributed by atoms with Gasteiger partial charge < -0.3 is 24.0 Å². The molecule has 8 heteroatoms. The Morgan fingerprint density at radius 1 is 0.818 bits per heavy atom. The maximum Gasteiger partial charge on any atom is 0.231 e. The summed E-state index contributed by atoms with van der Waals surface area (Å²) in [6.45, 7) is 7.52. The fourth-order valence-electron chi connectivity index (χ4n) is 4.58. The van der Waals surface area contributed by atoms with Crippen LogP contribution in [0.15, 0.2) is 36.4 Å². The molecule has 174 valence electrons. The van der Waals surface area contributed by atoms with Gasteiger partial charge in [-0.3, -0.25) is 14.5 Å². The molecule has 0 saturated carbocycles. The number of rotatable bonds is 4. The lowest BCUT2D eigenvalue weighted by Gasteiger charge is -2.34. The summed E-state index contributed by atoms with van der Waals surface area (Å²) in [7, 11) is 0. The number of piperazine rings is 1. The minimum Gasteiger partial charge on any atom is -0.491 e. The van der Waals surface area contributed by atoms with Crippen molar-refractivity contribution in [3.8, 4) is 17.2 Å². The second kappa shape index (κ2) is 9.31. The maximum atomic E-state index is 13.1. The van der Waals surface area contributed by atoms with E-state index in [0.29, 0.717) is 31.9 Å². The summed E-state index contributed by atoms with van der Waals surface area (Å²) in [5, 5.41) is 0. The van der Waals surface area contributed by atoms with Gasteiger partial charge >= 0.3 is 0 Å². The number of ether oxygens (including phenoxy) is 3.